The third kappa shape index (κ3) is 4.94. The number of esters is 1. The number of carbonyl (C=O) groups excluding carboxylic acids is 2. The van der Waals surface area contributed by atoms with Crippen molar-refractivity contribution in [3.63, 3.8) is 0 Å². The maximum absolute atomic E-state index is 12.5. The molecule has 110 valence electrons. The first-order valence-corrected chi connectivity index (χ1v) is 6.99. The van der Waals surface area contributed by atoms with Crippen molar-refractivity contribution in [1.82, 2.24) is 4.90 Å². The first-order valence-electron chi connectivity index (χ1n) is 6.19. The van der Waals surface area contributed by atoms with Crippen molar-refractivity contribution in [2.45, 2.75) is 6.42 Å². The van der Waals surface area contributed by atoms with Crippen LogP contribution in [0.15, 0.2) is 28.7 Å². The molecule has 6 heteroatoms. The Morgan fingerprint density at radius 1 is 1.20 bits per heavy atom. The van der Waals surface area contributed by atoms with Gasteiger partial charge in [-0.05, 0) is 28.1 Å². The summed E-state index contributed by atoms with van der Waals surface area (Å²) in [7, 11) is 2.90. The summed E-state index contributed by atoms with van der Waals surface area (Å²) in [4.78, 5) is 25.3. The Kier molecular flexibility index (Phi) is 7.25. The van der Waals surface area contributed by atoms with Gasteiger partial charge in [-0.1, -0.05) is 12.1 Å². The van der Waals surface area contributed by atoms with Crippen molar-refractivity contribution in [2.24, 2.45) is 0 Å². The van der Waals surface area contributed by atoms with Gasteiger partial charge in [-0.25, -0.2) is 0 Å². The van der Waals surface area contributed by atoms with E-state index in [9.17, 15) is 9.59 Å². The van der Waals surface area contributed by atoms with Crippen LogP contribution in [-0.4, -0.2) is 50.7 Å². The van der Waals surface area contributed by atoms with Gasteiger partial charge in [0.1, 0.15) is 0 Å². The zero-order valence-electron chi connectivity index (χ0n) is 11.6. The second kappa shape index (κ2) is 8.71. The molecule has 1 aromatic rings. The van der Waals surface area contributed by atoms with Crippen LogP contribution in [0.4, 0.5) is 0 Å². The molecule has 0 saturated heterocycles. The minimum absolute atomic E-state index is 0.140. The first kappa shape index (κ1) is 16.7. The molecule has 0 aromatic heterocycles. The van der Waals surface area contributed by atoms with E-state index in [0.29, 0.717) is 25.3 Å². The Morgan fingerprint density at radius 3 is 2.50 bits per heavy atom. The molecule has 5 nitrogen and oxygen atoms in total. The molecule has 0 aliphatic carbocycles. The third-order valence-corrected chi connectivity index (χ3v) is 3.46. The molecule has 1 rings (SSSR count). The maximum Gasteiger partial charge on any atom is 0.307 e. The van der Waals surface area contributed by atoms with E-state index >= 15 is 0 Å². The van der Waals surface area contributed by atoms with E-state index in [2.05, 4.69) is 20.7 Å². The molecule has 0 unspecified atom stereocenters. The lowest BCUT2D eigenvalue weighted by atomic mass is 10.2. The topological polar surface area (TPSA) is 55.8 Å². The van der Waals surface area contributed by atoms with Gasteiger partial charge < -0.3 is 14.4 Å². The molecule has 0 heterocycles. The summed E-state index contributed by atoms with van der Waals surface area (Å²) in [6, 6.07) is 7.19. The summed E-state index contributed by atoms with van der Waals surface area (Å²) >= 11 is 3.36. The normalized spacial score (nSPS) is 10.2. The minimum Gasteiger partial charge on any atom is -0.469 e. The number of benzene rings is 1. The molecule has 0 N–H and O–H groups in total. The van der Waals surface area contributed by atoms with Crippen molar-refractivity contribution in [1.29, 1.82) is 0 Å². The third-order valence-electron chi connectivity index (χ3n) is 2.77. The highest BCUT2D eigenvalue weighted by molar-refractivity contribution is 9.10. The second-order valence-electron chi connectivity index (χ2n) is 4.09. The fourth-order valence-corrected chi connectivity index (χ4v) is 2.10. The Bertz CT molecular complexity index is 464. The molecule has 0 aliphatic rings. The van der Waals surface area contributed by atoms with E-state index in [0.717, 1.165) is 4.47 Å². The highest BCUT2D eigenvalue weighted by Gasteiger charge is 2.18. The van der Waals surface area contributed by atoms with E-state index in [1.54, 1.807) is 24.1 Å². The number of amides is 1. The second-order valence-corrected chi connectivity index (χ2v) is 4.95. The quantitative estimate of drug-likeness (QED) is 0.711. The summed E-state index contributed by atoms with van der Waals surface area (Å²) in [5.74, 6) is -0.481. The Balaban J connectivity index is 2.78. The van der Waals surface area contributed by atoms with Crippen LogP contribution >= 0.6 is 15.9 Å². The Labute approximate surface area is 127 Å². The molecule has 0 spiro atoms. The van der Waals surface area contributed by atoms with Crippen molar-refractivity contribution < 1.29 is 19.1 Å². The monoisotopic (exact) mass is 343 g/mol. The van der Waals surface area contributed by atoms with Gasteiger partial charge in [0.15, 0.2) is 0 Å². The molecular weight excluding hydrogens is 326 g/mol. The fraction of sp³-hybridized carbons (Fsp3) is 0.429. The van der Waals surface area contributed by atoms with E-state index in [1.807, 2.05) is 12.1 Å². The van der Waals surface area contributed by atoms with Crippen molar-refractivity contribution in [3.8, 4) is 0 Å². The van der Waals surface area contributed by atoms with Crippen LogP contribution in [0.3, 0.4) is 0 Å². The zero-order chi connectivity index (χ0) is 15.0. The SMILES string of the molecule is COCCN(CCC(=O)OC)C(=O)c1ccccc1Br. The Morgan fingerprint density at radius 2 is 1.90 bits per heavy atom. The molecular formula is C14H18BrNO4. The number of hydrogen-bond acceptors (Lipinski definition) is 4. The first-order chi connectivity index (χ1) is 9.60. The van der Waals surface area contributed by atoms with Gasteiger partial charge in [0.2, 0.25) is 0 Å². The summed E-state index contributed by atoms with van der Waals surface area (Å²) in [6.45, 7) is 1.14. The van der Waals surface area contributed by atoms with Gasteiger partial charge in [-0.15, -0.1) is 0 Å². The molecule has 1 aromatic carbocycles. The van der Waals surface area contributed by atoms with Crippen LogP contribution < -0.4 is 0 Å². The molecule has 0 atom stereocenters. The summed E-state index contributed by atoms with van der Waals surface area (Å²) in [5.41, 5.74) is 0.563. The summed E-state index contributed by atoms with van der Waals surface area (Å²) in [5, 5.41) is 0. The molecule has 0 bridgehead atoms. The van der Waals surface area contributed by atoms with Gasteiger partial charge in [0.25, 0.3) is 5.91 Å². The van der Waals surface area contributed by atoms with E-state index in [-0.39, 0.29) is 18.3 Å². The number of rotatable bonds is 7. The summed E-state index contributed by atoms with van der Waals surface area (Å²) < 4.78 is 10.3. The number of halogens is 1. The van der Waals surface area contributed by atoms with Crippen molar-refractivity contribution in [2.75, 3.05) is 33.9 Å². The van der Waals surface area contributed by atoms with Gasteiger partial charge >= 0.3 is 5.97 Å². The van der Waals surface area contributed by atoms with Gasteiger partial charge in [-0.2, -0.15) is 0 Å². The highest BCUT2D eigenvalue weighted by atomic mass is 79.9. The number of nitrogens with zero attached hydrogens (tertiary/aromatic N) is 1. The lowest BCUT2D eigenvalue weighted by Crippen LogP contribution is -2.36. The lowest BCUT2D eigenvalue weighted by Gasteiger charge is -2.22. The fourth-order valence-electron chi connectivity index (χ4n) is 1.65. The lowest BCUT2D eigenvalue weighted by molar-refractivity contribution is -0.140. The van der Waals surface area contributed by atoms with E-state index in [1.165, 1.54) is 7.11 Å². The zero-order valence-corrected chi connectivity index (χ0v) is 13.2. The number of methoxy groups -OCH3 is 2. The van der Waals surface area contributed by atoms with Crippen LogP contribution in [0.2, 0.25) is 0 Å². The maximum atomic E-state index is 12.5. The number of ether oxygens (including phenoxy) is 2. The van der Waals surface area contributed by atoms with Crippen molar-refractivity contribution >= 4 is 27.8 Å². The number of hydrogen-bond donors (Lipinski definition) is 0. The molecule has 0 aliphatic heterocycles. The van der Waals surface area contributed by atoms with Gasteiger partial charge in [0, 0.05) is 24.7 Å². The van der Waals surface area contributed by atoms with E-state index in [4.69, 9.17) is 4.74 Å². The molecule has 20 heavy (non-hydrogen) atoms. The van der Waals surface area contributed by atoms with Gasteiger partial charge in [0.05, 0.1) is 25.7 Å². The minimum atomic E-state index is -0.340. The molecule has 0 saturated carbocycles. The van der Waals surface area contributed by atoms with Crippen LogP contribution in [0, 0.1) is 0 Å². The average molecular weight is 344 g/mol. The van der Waals surface area contributed by atoms with Crippen LogP contribution in [0.25, 0.3) is 0 Å². The summed E-state index contributed by atoms with van der Waals surface area (Å²) in [6.07, 6.45) is 0.163. The van der Waals surface area contributed by atoms with E-state index < -0.39 is 0 Å². The van der Waals surface area contributed by atoms with Gasteiger partial charge in [-0.3, -0.25) is 9.59 Å². The standard InChI is InChI=1S/C14H18BrNO4/c1-19-10-9-16(8-7-13(17)20-2)14(18)11-5-3-4-6-12(11)15/h3-6H,7-10H2,1-2H3. The molecule has 0 radical (unpaired) electrons. The largest absolute Gasteiger partial charge is 0.469 e. The van der Waals surface area contributed by atoms with Crippen molar-refractivity contribution in [3.05, 3.63) is 34.3 Å². The number of carbonyl (C=O) groups is 2. The predicted octanol–water partition coefficient (Wildman–Crippen LogP) is 2.10. The van der Waals surface area contributed by atoms with Crippen LogP contribution in [-0.2, 0) is 14.3 Å². The van der Waals surface area contributed by atoms with Crippen LogP contribution in [0.5, 0.6) is 0 Å². The highest BCUT2D eigenvalue weighted by Crippen LogP contribution is 2.18. The smallest absolute Gasteiger partial charge is 0.307 e. The Hall–Kier alpha value is -1.40. The molecule has 1 amide bonds. The average Bonchev–Trinajstić information content (AvgIpc) is 2.47. The van der Waals surface area contributed by atoms with Crippen LogP contribution in [0.1, 0.15) is 16.8 Å². The molecule has 0 fully saturated rings. The predicted molar refractivity (Wildman–Crippen MR) is 78.6 cm³/mol.